The van der Waals surface area contributed by atoms with E-state index in [1.165, 1.54) is 12.1 Å². The number of aromatic nitrogens is 1. The summed E-state index contributed by atoms with van der Waals surface area (Å²) >= 11 is 0. The minimum atomic E-state index is -0.337. The lowest BCUT2D eigenvalue weighted by Gasteiger charge is -2.03. The Balaban J connectivity index is 1.60. The molecule has 0 spiro atoms. The van der Waals surface area contributed by atoms with Crippen LogP contribution in [0.4, 0.5) is 5.69 Å². The molecule has 0 atom stereocenters. The normalized spacial score (nSPS) is 12.7. The fraction of sp³-hybridized carbons (Fsp3) is 0.130. The summed E-state index contributed by atoms with van der Waals surface area (Å²) in [4.78, 5) is 44.0. The molecule has 0 aliphatic carbocycles. The quantitative estimate of drug-likeness (QED) is 0.467. The maximum atomic E-state index is 13.0. The molecule has 0 saturated heterocycles. The first-order valence-electron chi connectivity index (χ1n) is 9.25. The van der Waals surface area contributed by atoms with E-state index in [-0.39, 0.29) is 41.8 Å². The van der Waals surface area contributed by atoms with Gasteiger partial charge in [0.15, 0.2) is 17.4 Å². The first kappa shape index (κ1) is 18.6. The van der Waals surface area contributed by atoms with Crippen LogP contribution in [0.2, 0.25) is 0 Å². The number of nitrogens with zero attached hydrogens (tertiary/aromatic N) is 1. The highest BCUT2D eigenvalue weighted by Gasteiger charge is 2.30. The molecular formula is C23H18N2O4. The van der Waals surface area contributed by atoms with Crippen LogP contribution < -0.4 is 0 Å². The maximum absolute atomic E-state index is 13.0. The van der Waals surface area contributed by atoms with Crippen molar-refractivity contribution < 1.29 is 19.5 Å². The van der Waals surface area contributed by atoms with Crippen molar-refractivity contribution in [1.82, 2.24) is 4.98 Å². The number of rotatable bonds is 7. The number of allylic oxidation sites excluding steroid dienone is 1. The first-order chi connectivity index (χ1) is 14.0. The molecule has 4 rings (SSSR count). The number of fused-ring (bicyclic) bond motifs is 2. The summed E-state index contributed by atoms with van der Waals surface area (Å²) in [5.41, 5.74) is 2.42. The highest BCUT2D eigenvalue weighted by molar-refractivity contribution is 6.56. The van der Waals surface area contributed by atoms with Crippen LogP contribution >= 0.6 is 0 Å². The molecule has 29 heavy (non-hydrogen) atoms. The number of carbonyl (C=O) groups is 3. The smallest absolute Gasteiger partial charge is 0.214 e. The molecule has 2 heterocycles. The predicted octanol–water partition coefficient (Wildman–Crippen LogP) is 4.30. The number of aliphatic imine (C=N–C) groups is 1. The zero-order valence-electron chi connectivity index (χ0n) is 15.6. The summed E-state index contributed by atoms with van der Waals surface area (Å²) in [6.07, 6.45) is 2.16. The Morgan fingerprint density at radius 3 is 2.72 bits per heavy atom. The molecule has 1 aliphatic heterocycles. The number of aromatic amines is 1. The number of carbonyl (C=O) groups excluding carboxylic acids is 3. The van der Waals surface area contributed by atoms with Crippen LogP contribution in [0.5, 0.6) is 5.88 Å². The van der Waals surface area contributed by atoms with Crippen LogP contribution in [0.15, 0.2) is 60.1 Å². The minimum absolute atomic E-state index is 0.0986. The molecule has 0 fully saturated rings. The molecule has 1 aromatic heterocycles. The molecule has 0 saturated carbocycles. The van der Waals surface area contributed by atoms with E-state index in [2.05, 4.69) is 16.6 Å². The predicted molar refractivity (Wildman–Crippen MR) is 110 cm³/mol. The third-order valence-electron chi connectivity index (χ3n) is 4.99. The van der Waals surface area contributed by atoms with Gasteiger partial charge in [-0.15, -0.1) is 0 Å². The van der Waals surface area contributed by atoms with E-state index in [1.54, 1.807) is 24.3 Å². The average molecular weight is 386 g/mol. The Morgan fingerprint density at radius 2 is 1.93 bits per heavy atom. The van der Waals surface area contributed by atoms with Crippen molar-refractivity contribution in [3.05, 3.63) is 71.8 Å². The van der Waals surface area contributed by atoms with Gasteiger partial charge >= 0.3 is 0 Å². The van der Waals surface area contributed by atoms with Crippen LogP contribution in [0.3, 0.4) is 0 Å². The third kappa shape index (κ3) is 3.29. The molecule has 6 heteroatoms. The molecule has 0 amide bonds. The monoisotopic (exact) mass is 386 g/mol. The summed E-state index contributed by atoms with van der Waals surface area (Å²) in [5.74, 6) is -0.690. The molecule has 1 aliphatic rings. The first-order valence-corrected chi connectivity index (χ1v) is 9.25. The van der Waals surface area contributed by atoms with Gasteiger partial charge in [-0.05, 0) is 36.8 Å². The second kappa shape index (κ2) is 7.31. The topological polar surface area (TPSA) is 99.6 Å². The highest BCUT2D eigenvalue weighted by Crippen LogP contribution is 2.35. The van der Waals surface area contributed by atoms with Gasteiger partial charge in [0.1, 0.15) is 5.71 Å². The van der Waals surface area contributed by atoms with E-state index >= 15 is 0 Å². The zero-order chi connectivity index (χ0) is 20.5. The third-order valence-corrected chi connectivity index (χ3v) is 4.99. The number of benzene rings is 2. The number of hydrogen-bond acceptors (Lipinski definition) is 5. The van der Waals surface area contributed by atoms with E-state index < -0.39 is 0 Å². The second-order valence-corrected chi connectivity index (χ2v) is 6.86. The molecule has 0 bridgehead atoms. The van der Waals surface area contributed by atoms with Crippen LogP contribution in [0, 0.1) is 0 Å². The number of aromatic hydroxyl groups is 1. The number of ketones is 3. The van der Waals surface area contributed by atoms with E-state index in [4.69, 9.17) is 0 Å². The molecule has 2 N–H and O–H groups in total. The van der Waals surface area contributed by atoms with Crippen molar-refractivity contribution >= 4 is 39.7 Å². The van der Waals surface area contributed by atoms with E-state index in [0.717, 1.165) is 0 Å². The molecule has 6 nitrogen and oxygen atoms in total. The van der Waals surface area contributed by atoms with Gasteiger partial charge in [0, 0.05) is 29.3 Å². The minimum Gasteiger partial charge on any atom is -0.494 e. The van der Waals surface area contributed by atoms with Gasteiger partial charge in [0.05, 0.1) is 16.8 Å². The van der Waals surface area contributed by atoms with Gasteiger partial charge in [-0.2, -0.15) is 0 Å². The van der Waals surface area contributed by atoms with Crippen LogP contribution in [-0.2, 0) is 4.79 Å². The number of para-hydroxylation sites is 1. The van der Waals surface area contributed by atoms with Gasteiger partial charge in [0.25, 0.3) is 0 Å². The van der Waals surface area contributed by atoms with Crippen LogP contribution in [-0.4, -0.2) is 33.2 Å². The lowest BCUT2D eigenvalue weighted by atomic mass is 9.98. The standard InChI is InChI=1S/C23H18N2O4/c1-2-14(26)6-5-9-19(27)13-10-11-18-16(12-13)22(28)21(24-18)20-15-7-3-4-8-17(15)25-23(20)29/h2-4,7-8,10-12,25,29H,1,5-6,9H2. The summed E-state index contributed by atoms with van der Waals surface area (Å²) in [6, 6.07) is 12.1. The average Bonchev–Trinajstić information content (AvgIpc) is 3.23. The summed E-state index contributed by atoms with van der Waals surface area (Å²) in [5, 5.41) is 11.0. The lowest BCUT2D eigenvalue weighted by molar-refractivity contribution is -0.114. The van der Waals surface area contributed by atoms with Gasteiger partial charge in [0.2, 0.25) is 5.78 Å². The van der Waals surface area contributed by atoms with Crippen molar-refractivity contribution in [2.75, 3.05) is 0 Å². The van der Waals surface area contributed by atoms with Gasteiger partial charge < -0.3 is 10.1 Å². The SMILES string of the molecule is C=CC(=O)CCCC(=O)c1ccc2c(c1)C(=O)C(c1c(O)[nH]c3ccccc13)=N2. The Labute approximate surface area is 166 Å². The highest BCUT2D eigenvalue weighted by atomic mass is 16.3. The van der Waals surface area contributed by atoms with Gasteiger partial charge in [-0.25, -0.2) is 4.99 Å². The van der Waals surface area contributed by atoms with Crippen LogP contribution in [0.1, 0.15) is 45.5 Å². The van der Waals surface area contributed by atoms with Crippen LogP contribution in [0.25, 0.3) is 10.9 Å². The van der Waals surface area contributed by atoms with Crippen molar-refractivity contribution in [2.45, 2.75) is 19.3 Å². The second-order valence-electron chi connectivity index (χ2n) is 6.86. The number of Topliss-reactive ketones (excluding diaryl/α,β-unsaturated/α-hetero) is 2. The Hall–Kier alpha value is -3.80. The molecule has 2 aromatic carbocycles. The Morgan fingerprint density at radius 1 is 1.14 bits per heavy atom. The van der Waals surface area contributed by atoms with Gasteiger partial charge in [-0.3, -0.25) is 14.4 Å². The fourth-order valence-corrected chi connectivity index (χ4v) is 3.49. The van der Waals surface area contributed by atoms with E-state index in [9.17, 15) is 19.5 Å². The summed E-state index contributed by atoms with van der Waals surface area (Å²) in [7, 11) is 0. The Bertz CT molecular complexity index is 1220. The number of hydrogen-bond donors (Lipinski definition) is 2. The van der Waals surface area contributed by atoms with E-state index in [0.29, 0.717) is 39.7 Å². The largest absolute Gasteiger partial charge is 0.494 e. The summed E-state index contributed by atoms with van der Waals surface area (Å²) < 4.78 is 0. The van der Waals surface area contributed by atoms with Crippen molar-refractivity contribution in [1.29, 1.82) is 0 Å². The molecular weight excluding hydrogens is 368 g/mol. The maximum Gasteiger partial charge on any atom is 0.214 e. The van der Waals surface area contributed by atoms with Crippen molar-refractivity contribution in [3.8, 4) is 5.88 Å². The molecule has 3 aromatic rings. The van der Waals surface area contributed by atoms with Crippen molar-refractivity contribution in [2.24, 2.45) is 4.99 Å². The molecule has 0 radical (unpaired) electrons. The lowest BCUT2D eigenvalue weighted by Crippen LogP contribution is -2.11. The molecule has 0 unspecified atom stereocenters. The van der Waals surface area contributed by atoms with E-state index in [1.807, 2.05) is 12.1 Å². The Kier molecular flexibility index (Phi) is 4.68. The number of nitrogens with one attached hydrogen (secondary N) is 1. The number of H-pyrrole nitrogens is 1. The zero-order valence-corrected chi connectivity index (χ0v) is 15.6. The van der Waals surface area contributed by atoms with Gasteiger partial charge in [-0.1, -0.05) is 24.8 Å². The molecule has 144 valence electrons. The van der Waals surface area contributed by atoms with Crippen molar-refractivity contribution in [3.63, 3.8) is 0 Å². The fourth-order valence-electron chi connectivity index (χ4n) is 3.49. The summed E-state index contributed by atoms with van der Waals surface area (Å²) in [6.45, 7) is 3.41.